The molecule has 1 aliphatic heterocycles. The van der Waals surface area contributed by atoms with Crippen LogP contribution in [0.2, 0.25) is 0 Å². The number of nitrogens with zero attached hydrogens (tertiary/aromatic N) is 3. The number of Topliss-reactive ketones (excluding diaryl/α,β-unsaturated/α-hetero) is 1. The zero-order chi connectivity index (χ0) is 17.1. The minimum Gasteiger partial charge on any atom is -0.465 e. The van der Waals surface area contributed by atoms with Crippen LogP contribution in [-0.4, -0.2) is 23.1 Å². The molecule has 2 atom stereocenters. The molecule has 120 valence electrons. The van der Waals surface area contributed by atoms with Gasteiger partial charge in [-0.1, -0.05) is 30.3 Å². The van der Waals surface area contributed by atoms with Gasteiger partial charge < -0.3 is 9.84 Å². The van der Waals surface area contributed by atoms with Crippen molar-refractivity contribution in [3.05, 3.63) is 75.7 Å². The molecule has 1 aliphatic rings. The van der Waals surface area contributed by atoms with Crippen molar-refractivity contribution in [2.24, 2.45) is 5.11 Å². The highest BCUT2D eigenvalue weighted by Crippen LogP contribution is 2.40. The number of ketones is 1. The minimum atomic E-state index is -1.16. The topological polar surface area (TPSA) is 112 Å². The Hall–Kier alpha value is -3.15. The molecule has 1 heterocycles. The number of hydrogen-bond donors (Lipinski definition) is 1. The van der Waals surface area contributed by atoms with Crippen molar-refractivity contribution in [1.82, 2.24) is 0 Å². The Kier molecular flexibility index (Phi) is 4.29. The number of carbonyl (C=O) groups excluding carboxylic acids is 2. The average Bonchev–Trinajstić information content (AvgIpc) is 2.61. The summed E-state index contributed by atoms with van der Waals surface area (Å²) in [7, 11) is 0. The molecular weight excluding hydrogens is 310 g/mol. The van der Waals surface area contributed by atoms with Crippen molar-refractivity contribution in [2.45, 2.75) is 18.6 Å². The lowest BCUT2D eigenvalue weighted by Crippen LogP contribution is -2.26. The molecule has 0 radical (unpaired) electrons. The van der Waals surface area contributed by atoms with Crippen LogP contribution < -0.4 is 4.74 Å². The molecule has 2 aromatic rings. The molecule has 1 N–H and O–H groups in total. The van der Waals surface area contributed by atoms with Crippen LogP contribution in [0.3, 0.4) is 0 Å². The first kappa shape index (κ1) is 15.7. The van der Waals surface area contributed by atoms with Crippen molar-refractivity contribution in [2.75, 3.05) is 0 Å². The first-order valence-corrected chi connectivity index (χ1v) is 7.27. The maximum Gasteiger partial charge on any atom is 0.289 e. The van der Waals surface area contributed by atoms with Gasteiger partial charge in [-0.2, -0.15) is 0 Å². The third kappa shape index (κ3) is 2.99. The second kappa shape index (κ2) is 6.54. The quantitative estimate of drug-likeness (QED) is 0.307. The van der Waals surface area contributed by atoms with Gasteiger partial charge in [0.25, 0.3) is 5.91 Å². The fraction of sp³-hybridized carbons (Fsp3) is 0.176. The Morgan fingerprint density at radius 1 is 1.21 bits per heavy atom. The normalized spacial score (nSPS) is 18.7. The highest BCUT2D eigenvalue weighted by atomic mass is 16.6. The molecule has 7 heteroatoms. The van der Waals surface area contributed by atoms with Crippen LogP contribution in [0, 0.1) is 0 Å². The molecule has 0 fully saturated rings. The largest absolute Gasteiger partial charge is 0.465 e. The van der Waals surface area contributed by atoms with Gasteiger partial charge in [-0.15, -0.1) is 0 Å². The van der Waals surface area contributed by atoms with E-state index in [1.807, 2.05) is 30.3 Å². The summed E-state index contributed by atoms with van der Waals surface area (Å²) < 4.78 is 5.40. The predicted octanol–water partition coefficient (Wildman–Crippen LogP) is 2.94. The second-order valence-corrected chi connectivity index (χ2v) is 5.35. The van der Waals surface area contributed by atoms with E-state index in [0.717, 1.165) is 5.56 Å². The maximum atomic E-state index is 12.0. The summed E-state index contributed by atoms with van der Waals surface area (Å²) in [5, 5.41) is 12.7. The number of aliphatic hydroxyl groups is 1. The van der Waals surface area contributed by atoms with E-state index < -0.39 is 18.0 Å². The van der Waals surface area contributed by atoms with Crippen molar-refractivity contribution >= 4 is 11.7 Å². The average molecular weight is 323 g/mol. The Morgan fingerprint density at radius 3 is 2.67 bits per heavy atom. The zero-order valence-corrected chi connectivity index (χ0v) is 12.5. The first-order chi connectivity index (χ1) is 11.6. The van der Waals surface area contributed by atoms with Crippen LogP contribution in [0.15, 0.2) is 53.6 Å². The Morgan fingerprint density at radius 2 is 1.96 bits per heavy atom. The van der Waals surface area contributed by atoms with Crippen molar-refractivity contribution in [3.63, 3.8) is 0 Å². The number of carbonyl (C=O) groups is 2. The monoisotopic (exact) mass is 323 g/mol. The van der Waals surface area contributed by atoms with Gasteiger partial charge >= 0.3 is 0 Å². The number of amides is 1. The molecule has 0 spiro atoms. The van der Waals surface area contributed by atoms with E-state index in [4.69, 9.17) is 10.3 Å². The van der Waals surface area contributed by atoms with Crippen LogP contribution >= 0.6 is 0 Å². The number of hydrogen-bond acceptors (Lipinski definition) is 4. The van der Waals surface area contributed by atoms with Crippen LogP contribution in [-0.2, 0) is 4.79 Å². The molecule has 1 amide bonds. The van der Waals surface area contributed by atoms with E-state index in [1.54, 1.807) is 6.07 Å². The van der Waals surface area contributed by atoms with E-state index in [9.17, 15) is 14.7 Å². The lowest BCUT2D eigenvalue weighted by molar-refractivity contribution is -0.114. The fourth-order valence-electron chi connectivity index (χ4n) is 2.80. The molecule has 0 aliphatic carbocycles. The summed E-state index contributed by atoms with van der Waals surface area (Å²) >= 11 is 0. The summed E-state index contributed by atoms with van der Waals surface area (Å²) in [4.78, 5) is 25.8. The number of azide groups is 1. The number of aliphatic hydroxyl groups excluding tert-OH is 1. The summed E-state index contributed by atoms with van der Waals surface area (Å²) in [6.07, 6.45) is -0.618. The lowest BCUT2D eigenvalue weighted by Gasteiger charge is -2.30. The SMILES string of the molecule is [N-]=[N+]=NC(=O)C(=O)c1ccc2c(c1)C(c1ccccc1)CC(O)O2. The van der Waals surface area contributed by atoms with Crippen LogP contribution in [0.25, 0.3) is 10.4 Å². The highest BCUT2D eigenvalue weighted by Gasteiger charge is 2.29. The number of fused-ring (bicyclic) bond motifs is 1. The fourth-order valence-corrected chi connectivity index (χ4v) is 2.80. The molecule has 3 rings (SSSR count). The van der Waals surface area contributed by atoms with E-state index in [0.29, 0.717) is 17.7 Å². The number of ether oxygens (including phenoxy) is 1. The smallest absolute Gasteiger partial charge is 0.289 e. The van der Waals surface area contributed by atoms with Crippen molar-refractivity contribution in [3.8, 4) is 5.75 Å². The summed E-state index contributed by atoms with van der Waals surface area (Å²) in [6.45, 7) is 0. The molecule has 0 bridgehead atoms. The van der Waals surface area contributed by atoms with Crippen LogP contribution in [0.1, 0.15) is 33.8 Å². The molecular formula is C17H13N3O4. The molecule has 24 heavy (non-hydrogen) atoms. The van der Waals surface area contributed by atoms with E-state index >= 15 is 0 Å². The van der Waals surface area contributed by atoms with Gasteiger partial charge in [0.05, 0.1) is 0 Å². The van der Waals surface area contributed by atoms with Gasteiger partial charge in [0.2, 0.25) is 5.78 Å². The van der Waals surface area contributed by atoms with Crippen molar-refractivity contribution in [1.29, 1.82) is 0 Å². The van der Waals surface area contributed by atoms with Gasteiger partial charge in [-0.25, -0.2) is 0 Å². The van der Waals surface area contributed by atoms with Gasteiger partial charge in [-0.05, 0) is 34.4 Å². The molecule has 2 unspecified atom stereocenters. The summed E-state index contributed by atoms with van der Waals surface area (Å²) in [5.74, 6) is -1.76. The minimum absolute atomic E-state index is 0.118. The lowest BCUT2D eigenvalue weighted by atomic mass is 9.85. The van der Waals surface area contributed by atoms with Gasteiger partial charge in [0.15, 0.2) is 6.29 Å². The number of benzene rings is 2. The summed E-state index contributed by atoms with van der Waals surface area (Å²) in [6, 6.07) is 14.0. The van der Waals surface area contributed by atoms with E-state index in [-0.39, 0.29) is 11.5 Å². The van der Waals surface area contributed by atoms with Gasteiger partial charge in [0, 0.05) is 28.4 Å². The van der Waals surface area contributed by atoms with Gasteiger partial charge in [0.1, 0.15) is 5.75 Å². The predicted molar refractivity (Wildman–Crippen MR) is 84.5 cm³/mol. The Labute approximate surface area is 137 Å². The third-order valence-corrected chi connectivity index (χ3v) is 3.88. The van der Waals surface area contributed by atoms with E-state index in [1.165, 1.54) is 12.1 Å². The molecule has 0 saturated heterocycles. The number of rotatable bonds is 3. The zero-order valence-electron chi connectivity index (χ0n) is 12.5. The van der Waals surface area contributed by atoms with Crippen LogP contribution in [0.5, 0.6) is 5.75 Å². The van der Waals surface area contributed by atoms with Crippen molar-refractivity contribution < 1.29 is 19.4 Å². The highest BCUT2D eigenvalue weighted by molar-refractivity contribution is 6.43. The summed E-state index contributed by atoms with van der Waals surface area (Å²) in [5.41, 5.74) is 10.1. The van der Waals surface area contributed by atoms with E-state index in [2.05, 4.69) is 10.0 Å². The molecule has 7 nitrogen and oxygen atoms in total. The Balaban J connectivity index is 2.04. The standard InChI is InChI=1S/C17H13N3O4/c18-20-19-17(23)16(22)11-6-7-14-13(8-11)12(9-15(21)24-14)10-4-2-1-3-5-10/h1-8,12,15,21H,9H2. The van der Waals surface area contributed by atoms with Crippen LogP contribution in [0.4, 0.5) is 0 Å². The first-order valence-electron chi connectivity index (χ1n) is 7.27. The molecule has 2 aromatic carbocycles. The Bertz CT molecular complexity index is 844. The second-order valence-electron chi connectivity index (χ2n) is 5.35. The molecule has 0 aromatic heterocycles. The van der Waals surface area contributed by atoms with Gasteiger partial charge in [-0.3, -0.25) is 9.59 Å². The molecule has 0 saturated carbocycles. The third-order valence-electron chi connectivity index (χ3n) is 3.88. The maximum absolute atomic E-state index is 12.0.